The largest absolute Gasteiger partial charge is 0.493 e. The summed E-state index contributed by atoms with van der Waals surface area (Å²) >= 11 is 6.19. The second-order valence-electron chi connectivity index (χ2n) is 4.64. The van der Waals surface area contributed by atoms with Crippen LogP contribution in [0.4, 0.5) is 0 Å². The number of methoxy groups -OCH3 is 2. The fraction of sp³-hybridized carbons (Fsp3) is 0.538. The van der Waals surface area contributed by atoms with E-state index in [0.29, 0.717) is 16.5 Å². The number of hydrogen-bond donors (Lipinski definition) is 2. The predicted molar refractivity (Wildman–Crippen MR) is 72.0 cm³/mol. The van der Waals surface area contributed by atoms with Crippen LogP contribution in [0.2, 0.25) is 5.02 Å². The van der Waals surface area contributed by atoms with Crippen molar-refractivity contribution >= 4 is 11.6 Å². The second-order valence-corrected chi connectivity index (χ2v) is 5.04. The number of benzene rings is 1. The lowest BCUT2D eigenvalue weighted by Gasteiger charge is -2.19. The third-order valence-electron chi connectivity index (χ3n) is 3.33. The Kier molecular flexibility index (Phi) is 4.32. The summed E-state index contributed by atoms with van der Waals surface area (Å²) in [4.78, 5) is 0. The summed E-state index contributed by atoms with van der Waals surface area (Å²) < 4.78 is 10.5. The fourth-order valence-electron chi connectivity index (χ4n) is 2.13. The molecule has 0 aromatic heterocycles. The topological polar surface area (TPSA) is 56.5 Å². The Balaban J connectivity index is 2.28. The van der Waals surface area contributed by atoms with Gasteiger partial charge in [-0.15, -0.1) is 0 Å². The Morgan fingerprint density at radius 3 is 2.61 bits per heavy atom. The minimum atomic E-state index is 0.106. The highest BCUT2D eigenvalue weighted by molar-refractivity contribution is 6.32. The summed E-state index contributed by atoms with van der Waals surface area (Å²) in [7, 11) is 3.18. The molecule has 1 fully saturated rings. The standard InChI is InChI=1S/C13H19ClN2O2/c1-17-12-7-9(6-10(14)13(12)18-2)11(16-15)5-8-3-4-8/h6-8,11,16H,3-5,15H2,1-2H3. The maximum atomic E-state index is 6.19. The molecule has 0 radical (unpaired) electrons. The van der Waals surface area contributed by atoms with Gasteiger partial charge >= 0.3 is 0 Å². The molecular weight excluding hydrogens is 252 g/mol. The highest BCUT2D eigenvalue weighted by Crippen LogP contribution is 2.41. The first kappa shape index (κ1) is 13.5. The SMILES string of the molecule is COc1cc(C(CC2CC2)NN)cc(Cl)c1OC. The smallest absolute Gasteiger partial charge is 0.179 e. The van der Waals surface area contributed by atoms with Gasteiger partial charge in [-0.25, -0.2) is 0 Å². The zero-order valence-electron chi connectivity index (χ0n) is 10.7. The zero-order valence-corrected chi connectivity index (χ0v) is 11.5. The van der Waals surface area contributed by atoms with Crippen molar-refractivity contribution in [1.82, 2.24) is 5.43 Å². The number of hydrazine groups is 1. The lowest BCUT2D eigenvalue weighted by molar-refractivity contribution is 0.353. The van der Waals surface area contributed by atoms with Crippen LogP contribution >= 0.6 is 11.6 Å². The van der Waals surface area contributed by atoms with Crippen LogP contribution in [-0.4, -0.2) is 14.2 Å². The van der Waals surface area contributed by atoms with Crippen LogP contribution in [0.1, 0.15) is 30.9 Å². The molecule has 1 aliphatic carbocycles. The second kappa shape index (κ2) is 5.78. The summed E-state index contributed by atoms with van der Waals surface area (Å²) in [6, 6.07) is 3.92. The van der Waals surface area contributed by atoms with Crippen molar-refractivity contribution in [2.45, 2.75) is 25.3 Å². The van der Waals surface area contributed by atoms with E-state index < -0.39 is 0 Å². The monoisotopic (exact) mass is 270 g/mol. The Labute approximate surface area is 112 Å². The third kappa shape index (κ3) is 2.88. The molecule has 2 rings (SSSR count). The summed E-state index contributed by atoms with van der Waals surface area (Å²) in [6.45, 7) is 0. The molecule has 0 bridgehead atoms. The summed E-state index contributed by atoms with van der Waals surface area (Å²) in [5.41, 5.74) is 3.88. The van der Waals surface area contributed by atoms with Gasteiger partial charge in [-0.05, 0) is 30.0 Å². The fourth-order valence-corrected chi connectivity index (χ4v) is 2.42. The number of halogens is 1. The molecule has 1 unspecified atom stereocenters. The van der Waals surface area contributed by atoms with Gasteiger partial charge in [-0.2, -0.15) is 0 Å². The predicted octanol–water partition coefficient (Wildman–Crippen LogP) is 2.66. The van der Waals surface area contributed by atoms with Crippen LogP contribution in [0.3, 0.4) is 0 Å². The third-order valence-corrected chi connectivity index (χ3v) is 3.61. The van der Waals surface area contributed by atoms with Crippen LogP contribution in [0.15, 0.2) is 12.1 Å². The molecule has 0 spiro atoms. The Hall–Kier alpha value is -0.970. The Morgan fingerprint density at radius 1 is 1.39 bits per heavy atom. The van der Waals surface area contributed by atoms with E-state index in [2.05, 4.69) is 5.43 Å². The molecule has 0 amide bonds. The van der Waals surface area contributed by atoms with E-state index in [1.54, 1.807) is 14.2 Å². The number of rotatable bonds is 6. The van der Waals surface area contributed by atoms with Gasteiger partial charge in [-0.3, -0.25) is 11.3 Å². The van der Waals surface area contributed by atoms with Gasteiger partial charge in [-0.1, -0.05) is 24.4 Å². The Morgan fingerprint density at radius 2 is 2.11 bits per heavy atom. The van der Waals surface area contributed by atoms with Gasteiger partial charge in [0.2, 0.25) is 0 Å². The highest BCUT2D eigenvalue weighted by Gasteiger charge is 2.26. The first-order chi connectivity index (χ1) is 8.69. The van der Waals surface area contributed by atoms with Gasteiger partial charge in [0.05, 0.1) is 19.2 Å². The molecule has 0 saturated heterocycles. The highest BCUT2D eigenvalue weighted by atomic mass is 35.5. The molecule has 100 valence electrons. The first-order valence-corrected chi connectivity index (χ1v) is 6.45. The van der Waals surface area contributed by atoms with Gasteiger partial charge in [0.15, 0.2) is 11.5 Å². The average Bonchev–Trinajstić information content (AvgIpc) is 3.18. The molecule has 1 aromatic carbocycles. The van der Waals surface area contributed by atoms with Crippen molar-refractivity contribution in [2.24, 2.45) is 11.8 Å². The molecule has 1 aromatic rings. The number of nitrogens with two attached hydrogens (primary N) is 1. The quantitative estimate of drug-likeness (QED) is 0.616. The lowest BCUT2D eigenvalue weighted by Crippen LogP contribution is -2.28. The van der Waals surface area contributed by atoms with Crippen LogP contribution in [0.25, 0.3) is 0 Å². The Bertz CT molecular complexity index is 422. The van der Waals surface area contributed by atoms with Gasteiger partial charge in [0.25, 0.3) is 0 Å². The van der Waals surface area contributed by atoms with E-state index in [4.69, 9.17) is 26.9 Å². The molecular formula is C13H19ClN2O2. The summed E-state index contributed by atoms with van der Waals surface area (Å²) in [5.74, 6) is 7.60. The van der Waals surface area contributed by atoms with Crippen molar-refractivity contribution in [3.63, 3.8) is 0 Å². The van der Waals surface area contributed by atoms with Crippen molar-refractivity contribution in [3.05, 3.63) is 22.7 Å². The molecule has 0 aliphatic heterocycles. The first-order valence-electron chi connectivity index (χ1n) is 6.07. The van der Waals surface area contributed by atoms with E-state index in [0.717, 1.165) is 17.9 Å². The lowest BCUT2D eigenvalue weighted by atomic mass is 10.0. The van der Waals surface area contributed by atoms with Crippen LogP contribution < -0.4 is 20.7 Å². The van der Waals surface area contributed by atoms with Crippen molar-refractivity contribution in [3.8, 4) is 11.5 Å². The average molecular weight is 271 g/mol. The van der Waals surface area contributed by atoms with Gasteiger partial charge in [0, 0.05) is 6.04 Å². The maximum Gasteiger partial charge on any atom is 0.179 e. The molecule has 1 saturated carbocycles. The molecule has 1 atom stereocenters. The van der Waals surface area contributed by atoms with E-state index >= 15 is 0 Å². The van der Waals surface area contributed by atoms with E-state index in [1.165, 1.54) is 12.8 Å². The minimum absolute atomic E-state index is 0.106. The van der Waals surface area contributed by atoms with Crippen LogP contribution in [0.5, 0.6) is 11.5 Å². The minimum Gasteiger partial charge on any atom is -0.493 e. The number of nitrogens with one attached hydrogen (secondary N) is 1. The van der Waals surface area contributed by atoms with Crippen molar-refractivity contribution < 1.29 is 9.47 Å². The molecule has 1 aliphatic rings. The number of hydrogen-bond acceptors (Lipinski definition) is 4. The molecule has 5 heteroatoms. The normalized spacial score (nSPS) is 16.4. The molecule has 0 heterocycles. The summed E-state index contributed by atoms with van der Waals surface area (Å²) in [5, 5.41) is 0.544. The molecule has 18 heavy (non-hydrogen) atoms. The van der Waals surface area contributed by atoms with E-state index in [-0.39, 0.29) is 6.04 Å². The summed E-state index contributed by atoms with van der Waals surface area (Å²) in [6.07, 6.45) is 3.61. The van der Waals surface area contributed by atoms with Crippen molar-refractivity contribution in [1.29, 1.82) is 0 Å². The maximum absolute atomic E-state index is 6.19. The van der Waals surface area contributed by atoms with Gasteiger partial charge < -0.3 is 9.47 Å². The van der Waals surface area contributed by atoms with E-state index in [1.807, 2.05) is 12.1 Å². The molecule has 3 N–H and O–H groups in total. The van der Waals surface area contributed by atoms with Crippen molar-refractivity contribution in [2.75, 3.05) is 14.2 Å². The van der Waals surface area contributed by atoms with Crippen LogP contribution in [0, 0.1) is 5.92 Å². The van der Waals surface area contributed by atoms with E-state index in [9.17, 15) is 0 Å². The zero-order chi connectivity index (χ0) is 13.1. The number of ether oxygens (including phenoxy) is 2. The van der Waals surface area contributed by atoms with Gasteiger partial charge in [0.1, 0.15) is 0 Å². The van der Waals surface area contributed by atoms with Crippen LogP contribution in [-0.2, 0) is 0 Å². The molecule has 4 nitrogen and oxygen atoms in total.